The number of benzene rings is 1. The van der Waals surface area contributed by atoms with Crippen LogP contribution >= 0.6 is 12.6 Å². The molecule has 1 rings (SSSR count). The van der Waals surface area contributed by atoms with Gasteiger partial charge in [0.05, 0.1) is 10.1 Å². The fourth-order valence-electron chi connectivity index (χ4n) is 1.26. The Morgan fingerprint density at radius 2 is 2.06 bits per heavy atom. The Hall–Kier alpha value is -0.740. The number of rotatable bonds is 4. The van der Waals surface area contributed by atoms with Gasteiger partial charge in [0.25, 0.3) is 0 Å². The Morgan fingerprint density at radius 1 is 1.38 bits per heavy atom. The second-order valence-electron chi connectivity index (χ2n) is 3.75. The minimum atomic E-state index is -3.18. The van der Waals surface area contributed by atoms with Gasteiger partial charge < -0.3 is 0 Å². The molecule has 0 radical (unpaired) electrons. The lowest BCUT2D eigenvalue weighted by Crippen LogP contribution is -2.13. The zero-order chi connectivity index (χ0) is 12.2. The summed E-state index contributed by atoms with van der Waals surface area (Å²) in [5.41, 5.74) is 0.885. The van der Waals surface area contributed by atoms with Gasteiger partial charge in [-0.25, -0.2) is 8.42 Å². The molecule has 2 nitrogen and oxygen atoms in total. The van der Waals surface area contributed by atoms with Crippen LogP contribution in [0.3, 0.4) is 0 Å². The third kappa shape index (κ3) is 3.12. The van der Waals surface area contributed by atoms with Crippen molar-refractivity contribution in [2.45, 2.75) is 24.0 Å². The van der Waals surface area contributed by atoms with Crippen LogP contribution < -0.4 is 0 Å². The zero-order valence-electron chi connectivity index (χ0n) is 9.42. The third-order valence-electron chi connectivity index (χ3n) is 2.22. The van der Waals surface area contributed by atoms with Gasteiger partial charge in [-0.05, 0) is 31.5 Å². The van der Waals surface area contributed by atoms with Crippen molar-refractivity contribution in [2.24, 2.45) is 0 Å². The molecule has 16 heavy (non-hydrogen) atoms. The summed E-state index contributed by atoms with van der Waals surface area (Å²) in [5, 5.41) is -0.392. The minimum absolute atomic E-state index is 0.379. The van der Waals surface area contributed by atoms with Crippen molar-refractivity contribution in [1.29, 1.82) is 0 Å². The Morgan fingerprint density at radius 3 is 2.62 bits per heavy atom. The lowest BCUT2D eigenvalue weighted by atomic mass is 10.2. The Bertz CT molecular complexity index is 474. The van der Waals surface area contributed by atoms with E-state index in [0.29, 0.717) is 10.6 Å². The number of hydrogen-bond donors (Lipinski definition) is 1. The quantitative estimate of drug-likeness (QED) is 0.841. The van der Waals surface area contributed by atoms with Crippen LogP contribution in [0.4, 0.5) is 0 Å². The normalized spacial score (nSPS) is 12.5. The fraction of sp³-hybridized carbons (Fsp3) is 0.333. The van der Waals surface area contributed by atoms with E-state index in [2.05, 4.69) is 12.6 Å². The molecular weight excluding hydrogens is 240 g/mol. The monoisotopic (exact) mass is 256 g/mol. The highest BCUT2D eigenvalue weighted by atomic mass is 32.2. The van der Waals surface area contributed by atoms with Gasteiger partial charge in [0.2, 0.25) is 0 Å². The second-order valence-corrected chi connectivity index (χ2v) is 6.62. The van der Waals surface area contributed by atoms with E-state index in [4.69, 9.17) is 0 Å². The van der Waals surface area contributed by atoms with Crippen molar-refractivity contribution in [3.8, 4) is 0 Å². The summed E-state index contributed by atoms with van der Waals surface area (Å²) in [6, 6.07) is 6.95. The van der Waals surface area contributed by atoms with Gasteiger partial charge in [-0.2, -0.15) is 12.6 Å². The molecule has 1 aromatic rings. The highest BCUT2D eigenvalue weighted by molar-refractivity contribution is 7.92. The molecule has 0 aromatic heterocycles. The van der Waals surface area contributed by atoms with Gasteiger partial charge >= 0.3 is 0 Å². The van der Waals surface area contributed by atoms with E-state index < -0.39 is 15.1 Å². The van der Waals surface area contributed by atoms with E-state index >= 15 is 0 Å². The van der Waals surface area contributed by atoms with Crippen LogP contribution in [0.5, 0.6) is 0 Å². The van der Waals surface area contributed by atoms with E-state index in [1.165, 1.54) is 0 Å². The predicted molar refractivity (Wildman–Crippen MR) is 71.7 cm³/mol. The summed E-state index contributed by atoms with van der Waals surface area (Å²) in [7, 11) is -3.18. The summed E-state index contributed by atoms with van der Waals surface area (Å²) in [4.78, 5) is 0.379. The van der Waals surface area contributed by atoms with Gasteiger partial charge in [-0.3, -0.25) is 0 Å². The first-order chi connectivity index (χ1) is 7.48. The Balaban J connectivity index is 3.13. The summed E-state index contributed by atoms with van der Waals surface area (Å²) in [6.07, 6.45) is 3.75. The molecule has 0 saturated heterocycles. The van der Waals surface area contributed by atoms with Crippen LogP contribution in [0.2, 0.25) is 0 Å². The van der Waals surface area contributed by atoms with Gasteiger partial charge in [0.15, 0.2) is 9.84 Å². The molecule has 0 fully saturated rings. The standard InChI is InChI=1S/C12H16O2S2/c1-10(2)16(13,14)12-7-3-5-11(9-12)6-4-8-15/h3-7,9-10,15H,8H2,1-2H3. The highest BCUT2D eigenvalue weighted by Crippen LogP contribution is 2.17. The van der Waals surface area contributed by atoms with E-state index in [1.54, 1.807) is 32.0 Å². The highest BCUT2D eigenvalue weighted by Gasteiger charge is 2.18. The molecule has 0 atom stereocenters. The molecule has 0 amide bonds. The van der Waals surface area contributed by atoms with Crippen molar-refractivity contribution in [2.75, 3.05) is 5.75 Å². The van der Waals surface area contributed by atoms with Crippen LogP contribution in [0, 0.1) is 0 Å². The van der Waals surface area contributed by atoms with Crippen molar-refractivity contribution in [3.05, 3.63) is 35.9 Å². The zero-order valence-corrected chi connectivity index (χ0v) is 11.1. The minimum Gasteiger partial charge on any atom is -0.223 e. The molecule has 0 heterocycles. The van der Waals surface area contributed by atoms with Crippen LogP contribution in [0.1, 0.15) is 19.4 Å². The summed E-state index contributed by atoms with van der Waals surface area (Å²) in [6.45, 7) is 3.37. The topological polar surface area (TPSA) is 34.1 Å². The third-order valence-corrected chi connectivity index (χ3v) is 4.59. The molecule has 0 saturated carbocycles. The predicted octanol–water partition coefficient (Wildman–Crippen LogP) is 2.81. The van der Waals surface area contributed by atoms with Crippen LogP contribution in [-0.2, 0) is 9.84 Å². The molecule has 0 unspecified atom stereocenters. The van der Waals surface area contributed by atoms with E-state index in [1.807, 2.05) is 18.2 Å². The van der Waals surface area contributed by atoms with Crippen molar-refractivity contribution in [3.63, 3.8) is 0 Å². The summed E-state index contributed by atoms with van der Waals surface area (Å²) in [5.74, 6) is 0.640. The van der Waals surface area contributed by atoms with Crippen molar-refractivity contribution < 1.29 is 8.42 Å². The van der Waals surface area contributed by atoms with E-state index in [9.17, 15) is 8.42 Å². The van der Waals surface area contributed by atoms with Crippen LogP contribution in [0.15, 0.2) is 35.2 Å². The largest absolute Gasteiger partial charge is 0.223 e. The van der Waals surface area contributed by atoms with E-state index in [0.717, 1.165) is 5.56 Å². The maximum Gasteiger partial charge on any atom is 0.180 e. The molecule has 0 aliphatic rings. The van der Waals surface area contributed by atoms with Gasteiger partial charge in [0, 0.05) is 5.75 Å². The van der Waals surface area contributed by atoms with Crippen LogP contribution in [-0.4, -0.2) is 19.4 Å². The van der Waals surface area contributed by atoms with Gasteiger partial charge in [-0.1, -0.05) is 24.3 Å². The molecule has 0 spiro atoms. The van der Waals surface area contributed by atoms with Crippen molar-refractivity contribution >= 4 is 28.5 Å². The SMILES string of the molecule is CC(C)S(=O)(=O)c1cccc(C=CCS)c1. The first kappa shape index (κ1) is 13.3. The number of hydrogen-bond acceptors (Lipinski definition) is 3. The van der Waals surface area contributed by atoms with Crippen LogP contribution in [0.25, 0.3) is 6.08 Å². The number of sulfone groups is 1. The van der Waals surface area contributed by atoms with Crippen molar-refractivity contribution in [1.82, 2.24) is 0 Å². The first-order valence-corrected chi connectivity index (χ1v) is 7.27. The summed E-state index contributed by atoms with van der Waals surface area (Å²) >= 11 is 4.06. The Labute approximate surface area is 103 Å². The molecule has 88 valence electrons. The molecular formula is C12H16O2S2. The second kappa shape index (κ2) is 5.55. The molecule has 1 aromatic carbocycles. The fourth-order valence-corrected chi connectivity index (χ4v) is 2.47. The first-order valence-electron chi connectivity index (χ1n) is 5.10. The Kier molecular flexibility index (Phi) is 4.62. The molecule has 0 bridgehead atoms. The average molecular weight is 256 g/mol. The number of thiol groups is 1. The average Bonchev–Trinajstić information content (AvgIpc) is 2.26. The lowest BCUT2D eigenvalue weighted by Gasteiger charge is -2.08. The lowest BCUT2D eigenvalue weighted by molar-refractivity contribution is 0.587. The van der Waals surface area contributed by atoms with Gasteiger partial charge in [-0.15, -0.1) is 0 Å². The maximum atomic E-state index is 11.9. The maximum absolute atomic E-state index is 11.9. The van der Waals surface area contributed by atoms with E-state index in [-0.39, 0.29) is 0 Å². The molecule has 0 N–H and O–H groups in total. The molecule has 0 aliphatic carbocycles. The summed E-state index contributed by atoms with van der Waals surface area (Å²) < 4.78 is 23.8. The van der Waals surface area contributed by atoms with Gasteiger partial charge in [0.1, 0.15) is 0 Å². The smallest absolute Gasteiger partial charge is 0.180 e. The molecule has 4 heteroatoms. The molecule has 0 aliphatic heterocycles.